The van der Waals surface area contributed by atoms with Gasteiger partial charge in [0, 0.05) is 45.3 Å². The predicted octanol–water partition coefficient (Wildman–Crippen LogP) is 2.53. The van der Waals surface area contributed by atoms with Gasteiger partial charge in [-0.3, -0.25) is 0 Å². The summed E-state index contributed by atoms with van der Waals surface area (Å²) in [6.45, 7) is 11.0. The number of rotatable bonds is 1. The number of anilines is 3. The molecule has 7 nitrogen and oxygen atoms in total. The molecular formula is C19H29N5O2. The molecule has 26 heavy (non-hydrogen) atoms. The summed E-state index contributed by atoms with van der Waals surface area (Å²) in [5, 5.41) is 3.57. The van der Waals surface area contributed by atoms with Gasteiger partial charge >= 0.3 is 6.09 Å². The second-order valence-electron chi connectivity index (χ2n) is 8.42. The first-order valence-corrected chi connectivity index (χ1v) is 9.64. The molecule has 0 aromatic carbocycles. The molecule has 0 unspecified atom stereocenters. The number of nitrogens with one attached hydrogen (secondary N) is 1. The lowest BCUT2D eigenvalue weighted by Gasteiger charge is -2.30. The van der Waals surface area contributed by atoms with Crippen molar-refractivity contribution in [2.75, 3.05) is 54.4 Å². The van der Waals surface area contributed by atoms with E-state index in [1.807, 2.05) is 25.7 Å². The van der Waals surface area contributed by atoms with Crippen molar-refractivity contribution >= 4 is 23.4 Å². The van der Waals surface area contributed by atoms with Crippen LogP contribution in [0, 0.1) is 0 Å². The lowest BCUT2D eigenvalue weighted by Crippen LogP contribution is -2.39. The number of pyridine rings is 1. The van der Waals surface area contributed by atoms with Gasteiger partial charge < -0.3 is 24.8 Å². The Morgan fingerprint density at radius 1 is 1.15 bits per heavy atom. The Labute approximate surface area is 155 Å². The van der Waals surface area contributed by atoms with Crippen molar-refractivity contribution in [2.24, 2.45) is 0 Å². The van der Waals surface area contributed by atoms with Crippen LogP contribution in [0.4, 0.5) is 22.1 Å². The minimum absolute atomic E-state index is 0.219. The first-order valence-electron chi connectivity index (χ1n) is 9.64. The van der Waals surface area contributed by atoms with E-state index in [0.29, 0.717) is 12.6 Å². The maximum absolute atomic E-state index is 12.3. The quantitative estimate of drug-likeness (QED) is 0.831. The molecule has 0 spiro atoms. The second-order valence-corrected chi connectivity index (χ2v) is 8.42. The van der Waals surface area contributed by atoms with E-state index in [1.165, 1.54) is 12.1 Å². The largest absolute Gasteiger partial charge is 0.444 e. The maximum atomic E-state index is 12.3. The Hall–Kier alpha value is -2.18. The van der Waals surface area contributed by atoms with Gasteiger partial charge in [0.05, 0.1) is 5.69 Å². The lowest BCUT2D eigenvalue weighted by molar-refractivity contribution is 0.0263. The Bertz CT molecular complexity index is 687. The molecule has 0 aliphatic carbocycles. The number of amides is 1. The second kappa shape index (κ2) is 6.52. The van der Waals surface area contributed by atoms with Gasteiger partial charge in [0.15, 0.2) is 5.82 Å². The summed E-state index contributed by atoms with van der Waals surface area (Å²) < 4.78 is 5.52. The highest BCUT2D eigenvalue weighted by molar-refractivity contribution is 5.72. The van der Waals surface area contributed by atoms with Crippen LogP contribution in [0.2, 0.25) is 0 Å². The van der Waals surface area contributed by atoms with Crippen molar-refractivity contribution in [3.8, 4) is 0 Å². The molecule has 0 saturated carbocycles. The van der Waals surface area contributed by atoms with Crippen LogP contribution < -0.4 is 15.1 Å². The molecule has 3 aliphatic heterocycles. The molecule has 1 amide bonds. The third-order valence-electron chi connectivity index (χ3n) is 5.20. The first-order chi connectivity index (χ1) is 12.4. The van der Waals surface area contributed by atoms with Gasteiger partial charge in [-0.05, 0) is 45.7 Å². The van der Waals surface area contributed by atoms with Gasteiger partial charge in [-0.15, -0.1) is 0 Å². The minimum Gasteiger partial charge on any atom is -0.444 e. The number of hydrogen-bond acceptors (Lipinski definition) is 6. The summed E-state index contributed by atoms with van der Waals surface area (Å²) in [5.41, 5.74) is 0.761. The molecule has 1 aromatic rings. The van der Waals surface area contributed by atoms with Crippen LogP contribution in [0.1, 0.15) is 33.6 Å². The lowest BCUT2D eigenvalue weighted by atomic mass is 10.2. The fourth-order valence-corrected chi connectivity index (χ4v) is 3.92. The zero-order chi connectivity index (χ0) is 18.3. The molecule has 4 heterocycles. The van der Waals surface area contributed by atoms with Crippen LogP contribution in [0.25, 0.3) is 0 Å². The van der Waals surface area contributed by atoms with E-state index in [9.17, 15) is 4.79 Å². The monoisotopic (exact) mass is 359 g/mol. The van der Waals surface area contributed by atoms with Crippen LogP contribution in [-0.4, -0.2) is 66.9 Å². The number of carbonyl (C=O) groups excluding carboxylic acids is 1. The zero-order valence-electron chi connectivity index (χ0n) is 16.0. The normalized spacial score (nSPS) is 22.6. The summed E-state index contributed by atoms with van der Waals surface area (Å²) >= 11 is 0. The van der Waals surface area contributed by atoms with Crippen molar-refractivity contribution in [1.29, 1.82) is 0 Å². The van der Waals surface area contributed by atoms with Gasteiger partial charge in [-0.1, -0.05) is 0 Å². The standard InChI is InChI=1S/C19H29N5O2/c1-19(2,3)26-18(25)23-9-4-8-22(11-12-23)16-6-5-15-17(21-16)20-14-7-10-24(15)13-14/h5-6,14H,4,7-13H2,1-3H3,(H,20,21)/t14-/m0/s1. The van der Waals surface area contributed by atoms with Crippen molar-refractivity contribution in [2.45, 2.75) is 45.3 Å². The summed E-state index contributed by atoms with van der Waals surface area (Å²) in [4.78, 5) is 23.7. The van der Waals surface area contributed by atoms with Crippen molar-refractivity contribution in [1.82, 2.24) is 9.88 Å². The summed E-state index contributed by atoms with van der Waals surface area (Å²) in [6, 6.07) is 4.82. The minimum atomic E-state index is -0.455. The molecule has 2 bridgehead atoms. The Morgan fingerprint density at radius 2 is 2.00 bits per heavy atom. The third kappa shape index (κ3) is 3.52. The summed E-state index contributed by atoms with van der Waals surface area (Å²) in [5.74, 6) is 1.99. The molecule has 7 heteroatoms. The van der Waals surface area contributed by atoms with Gasteiger partial charge in [-0.25, -0.2) is 9.78 Å². The number of nitrogens with zero attached hydrogens (tertiary/aromatic N) is 4. The molecule has 1 atom stereocenters. The van der Waals surface area contributed by atoms with Crippen LogP contribution in [0.15, 0.2) is 12.1 Å². The van der Waals surface area contributed by atoms with Crippen LogP contribution in [-0.2, 0) is 4.74 Å². The molecule has 2 saturated heterocycles. The number of aromatic nitrogens is 1. The SMILES string of the molecule is CC(C)(C)OC(=O)N1CCCN(c2ccc3c(n2)N[C@H]2CCN3C2)CC1. The fraction of sp³-hybridized carbons (Fsp3) is 0.684. The van der Waals surface area contributed by atoms with E-state index < -0.39 is 5.60 Å². The van der Waals surface area contributed by atoms with Gasteiger partial charge in [0.25, 0.3) is 0 Å². The topological polar surface area (TPSA) is 60.9 Å². The number of hydrogen-bond donors (Lipinski definition) is 1. The summed E-state index contributed by atoms with van der Waals surface area (Å²) in [7, 11) is 0. The van der Waals surface area contributed by atoms with Crippen molar-refractivity contribution < 1.29 is 9.53 Å². The highest BCUT2D eigenvalue weighted by Crippen LogP contribution is 2.35. The van der Waals surface area contributed by atoms with E-state index in [4.69, 9.17) is 9.72 Å². The van der Waals surface area contributed by atoms with Crippen LogP contribution >= 0.6 is 0 Å². The molecule has 1 N–H and O–H groups in total. The average molecular weight is 359 g/mol. The fourth-order valence-electron chi connectivity index (χ4n) is 3.92. The van der Waals surface area contributed by atoms with E-state index in [1.54, 1.807) is 0 Å². The molecule has 2 fully saturated rings. The predicted molar refractivity (Wildman–Crippen MR) is 103 cm³/mol. The average Bonchev–Trinajstić information content (AvgIpc) is 2.81. The number of fused-ring (bicyclic) bond motifs is 4. The van der Waals surface area contributed by atoms with E-state index in [-0.39, 0.29) is 6.09 Å². The van der Waals surface area contributed by atoms with E-state index in [0.717, 1.165) is 50.8 Å². The van der Waals surface area contributed by atoms with E-state index >= 15 is 0 Å². The molecule has 142 valence electrons. The molecule has 3 aliphatic rings. The van der Waals surface area contributed by atoms with Crippen molar-refractivity contribution in [3.05, 3.63) is 12.1 Å². The summed E-state index contributed by atoms with van der Waals surface area (Å²) in [6.07, 6.45) is 1.88. The highest BCUT2D eigenvalue weighted by atomic mass is 16.6. The molecule has 1 aromatic heterocycles. The number of carbonyl (C=O) groups is 1. The van der Waals surface area contributed by atoms with Gasteiger partial charge in [0.2, 0.25) is 0 Å². The van der Waals surface area contributed by atoms with Crippen LogP contribution in [0.5, 0.6) is 0 Å². The molecule has 4 rings (SSSR count). The van der Waals surface area contributed by atoms with Crippen LogP contribution in [0.3, 0.4) is 0 Å². The van der Waals surface area contributed by atoms with Crippen molar-refractivity contribution in [3.63, 3.8) is 0 Å². The Kier molecular flexibility index (Phi) is 4.32. The molecule has 0 radical (unpaired) electrons. The third-order valence-corrected chi connectivity index (χ3v) is 5.20. The van der Waals surface area contributed by atoms with Gasteiger partial charge in [0.1, 0.15) is 11.4 Å². The smallest absolute Gasteiger partial charge is 0.410 e. The Morgan fingerprint density at radius 3 is 2.81 bits per heavy atom. The van der Waals surface area contributed by atoms with Gasteiger partial charge in [-0.2, -0.15) is 0 Å². The Balaban J connectivity index is 1.43. The maximum Gasteiger partial charge on any atom is 0.410 e. The van der Waals surface area contributed by atoms with E-state index in [2.05, 4.69) is 27.2 Å². The number of ether oxygens (including phenoxy) is 1. The first kappa shape index (κ1) is 17.2. The molecular weight excluding hydrogens is 330 g/mol. The highest BCUT2D eigenvalue weighted by Gasteiger charge is 2.31. The zero-order valence-corrected chi connectivity index (χ0v) is 16.0.